The van der Waals surface area contributed by atoms with Crippen LogP contribution in [-0.4, -0.2) is 112 Å². The molecule has 8 rings (SSSR count). The Bertz CT molecular complexity index is 1870. The number of benzene rings is 1. The van der Waals surface area contributed by atoms with Crippen molar-refractivity contribution < 1.29 is 9.53 Å². The van der Waals surface area contributed by atoms with E-state index in [2.05, 4.69) is 85.1 Å². The number of methoxy groups -OCH3 is 1. The Hall–Kier alpha value is -4.33. The number of anilines is 4. The first kappa shape index (κ1) is 34.7. The summed E-state index contributed by atoms with van der Waals surface area (Å²) in [7, 11) is 4.02. The quantitative estimate of drug-likeness (QED) is 0.233. The van der Waals surface area contributed by atoms with Gasteiger partial charge in [0.25, 0.3) is 5.91 Å². The zero-order valence-electron chi connectivity index (χ0n) is 31.1. The van der Waals surface area contributed by atoms with Crippen LogP contribution >= 0.6 is 0 Å². The van der Waals surface area contributed by atoms with Gasteiger partial charge in [-0.3, -0.25) is 14.4 Å². The first-order valence-electron chi connectivity index (χ1n) is 19.2. The molecule has 0 spiro atoms. The van der Waals surface area contributed by atoms with Crippen LogP contribution in [0, 0.1) is 0 Å². The molecule has 0 radical (unpaired) electrons. The third-order valence-corrected chi connectivity index (χ3v) is 11.6. The minimum absolute atomic E-state index is 0.195. The molecule has 1 atom stereocenters. The van der Waals surface area contributed by atoms with E-state index >= 15 is 0 Å². The van der Waals surface area contributed by atoms with Gasteiger partial charge in [0.05, 0.1) is 17.0 Å². The predicted molar refractivity (Wildman–Crippen MR) is 204 cm³/mol. The van der Waals surface area contributed by atoms with Crippen LogP contribution in [0.15, 0.2) is 42.7 Å². The summed E-state index contributed by atoms with van der Waals surface area (Å²) in [5.41, 5.74) is 4.40. The molecule has 4 aromatic rings. The molecule has 0 saturated carbocycles. The van der Waals surface area contributed by atoms with Gasteiger partial charge in [-0.25, -0.2) is 9.97 Å². The van der Waals surface area contributed by atoms with E-state index in [1.807, 2.05) is 12.3 Å². The molecule has 3 fully saturated rings. The van der Waals surface area contributed by atoms with Gasteiger partial charge >= 0.3 is 0 Å². The SMILES string of the molecule is COC1CCN(c2nccc(Nc3cc4c(cn3)c(N3CCC(N(C)Cc5ccc6c(c5)CN(C5CCCNC5)C6=O)CC3)nn4C(C)C)n2)CC1. The van der Waals surface area contributed by atoms with Gasteiger partial charge < -0.3 is 30.1 Å². The van der Waals surface area contributed by atoms with Crippen molar-refractivity contribution in [2.75, 3.05) is 68.5 Å². The third-order valence-electron chi connectivity index (χ3n) is 11.6. The number of rotatable bonds is 10. The Morgan fingerprint density at radius 3 is 2.56 bits per heavy atom. The van der Waals surface area contributed by atoms with Crippen LogP contribution in [0.25, 0.3) is 10.9 Å². The van der Waals surface area contributed by atoms with Crippen molar-refractivity contribution in [2.45, 2.75) is 89.7 Å². The maximum absolute atomic E-state index is 13.2. The normalized spacial score (nSPS) is 20.5. The minimum atomic E-state index is 0.195. The highest BCUT2D eigenvalue weighted by molar-refractivity contribution is 5.98. The fourth-order valence-electron chi connectivity index (χ4n) is 8.53. The molecule has 13 nitrogen and oxygen atoms in total. The number of carbonyl (C=O) groups is 1. The molecule has 4 aliphatic heterocycles. The van der Waals surface area contributed by atoms with Gasteiger partial charge in [-0.1, -0.05) is 12.1 Å². The van der Waals surface area contributed by atoms with Gasteiger partial charge in [0, 0.05) is 95.1 Å². The highest BCUT2D eigenvalue weighted by Crippen LogP contribution is 2.33. The van der Waals surface area contributed by atoms with E-state index < -0.39 is 0 Å². The zero-order valence-corrected chi connectivity index (χ0v) is 31.1. The first-order chi connectivity index (χ1) is 25.3. The fourth-order valence-corrected chi connectivity index (χ4v) is 8.53. The molecule has 13 heteroatoms. The Morgan fingerprint density at radius 2 is 1.81 bits per heavy atom. The average Bonchev–Trinajstić information content (AvgIpc) is 3.72. The maximum Gasteiger partial charge on any atom is 0.254 e. The van der Waals surface area contributed by atoms with Crippen molar-refractivity contribution in [3.8, 4) is 0 Å². The molecule has 1 amide bonds. The number of nitrogens with one attached hydrogen (secondary N) is 2. The summed E-state index contributed by atoms with van der Waals surface area (Å²) in [6, 6.07) is 11.4. The Balaban J connectivity index is 0.906. The van der Waals surface area contributed by atoms with Crippen LogP contribution in [0.2, 0.25) is 0 Å². The smallest absolute Gasteiger partial charge is 0.254 e. The number of aromatic nitrogens is 5. The van der Waals surface area contributed by atoms with Crippen molar-refractivity contribution in [3.63, 3.8) is 0 Å². The molecular weight excluding hydrogens is 655 g/mol. The number of fused-ring (bicyclic) bond motifs is 2. The van der Waals surface area contributed by atoms with Crippen LogP contribution in [0.1, 0.15) is 79.9 Å². The van der Waals surface area contributed by atoms with Gasteiger partial charge in [-0.15, -0.1) is 0 Å². The standard InChI is InChI=1S/C39H53N11O2/c1-26(2)50-34-21-36(43-35-9-15-41-39(44-35)48-18-12-31(52-4)13-19-48)42-23-33(34)37(45-50)47-16-10-29(11-17-47)46(3)24-27-7-8-32-28(20-27)25-49(38(32)51)30-6-5-14-40-22-30/h7-9,15,20-21,23,26,29-31,40H,5-6,10-14,16-19,22,24-25H2,1-4H3,(H,41,42,43,44). The number of carbonyl (C=O) groups excluding carboxylic acids is 1. The van der Waals surface area contributed by atoms with Crippen molar-refractivity contribution in [2.24, 2.45) is 0 Å². The predicted octanol–water partition coefficient (Wildman–Crippen LogP) is 4.97. The van der Waals surface area contributed by atoms with Crippen LogP contribution < -0.4 is 20.4 Å². The Kier molecular flexibility index (Phi) is 9.99. The van der Waals surface area contributed by atoms with Crippen LogP contribution in [0.5, 0.6) is 0 Å². The highest BCUT2D eigenvalue weighted by Gasteiger charge is 2.34. The summed E-state index contributed by atoms with van der Waals surface area (Å²) >= 11 is 0. The van der Waals surface area contributed by atoms with Crippen LogP contribution in [0.4, 0.5) is 23.4 Å². The minimum Gasteiger partial charge on any atom is -0.381 e. The van der Waals surface area contributed by atoms with Gasteiger partial charge in [-0.2, -0.15) is 10.1 Å². The van der Waals surface area contributed by atoms with Gasteiger partial charge in [0.2, 0.25) is 5.95 Å². The first-order valence-corrected chi connectivity index (χ1v) is 19.2. The molecule has 2 N–H and O–H groups in total. The molecule has 1 aromatic carbocycles. The molecule has 52 heavy (non-hydrogen) atoms. The Morgan fingerprint density at radius 1 is 1.00 bits per heavy atom. The molecule has 7 heterocycles. The molecule has 0 aliphatic carbocycles. The number of nitrogens with zero attached hydrogens (tertiary/aromatic N) is 9. The molecule has 0 bridgehead atoms. The van der Waals surface area contributed by atoms with E-state index in [4.69, 9.17) is 19.8 Å². The lowest BCUT2D eigenvalue weighted by atomic mass is 10.0. The number of piperidine rings is 3. The van der Waals surface area contributed by atoms with Crippen molar-refractivity contribution >= 4 is 40.2 Å². The number of hydrogen-bond acceptors (Lipinski definition) is 11. The largest absolute Gasteiger partial charge is 0.381 e. The van der Waals surface area contributed by atoms with Crippen molar-refractivity contribution in [3.05, 3.63) is 59.4 Å². The number of amides is 1. The zero-order chi connectivity index (χ0) is 35.8. The van der Waals surface area contributed by atoms with E-state index in [1.54, 1.807) is 13.3 Å². The third kappa shape index (κ3) is 7.05. The van der Waals surface area contributed by atoms with Gasteiger partial charge in [0.15, 0.2) is 5.82 Å². The summed E-state index contributed by atoms with van der Waals surface area (Å²) < 4.78 is 7.65. The number of ether oxygens (including phenoxy) is 1. The van der Waals surface area contributed by atoms with E-state index in [0.717, 1.165) is 131 Å². The summed E-state index contributed by atoms with van der Waals surface area (Å²) in [5, 5.41) is 13.1. The lowest BCUT2D eigenvalue weighted by molar-refractivity contribution is 0.0674. The molecule has 4 aliphatic rings. The Labute approximate surface area is 306 Å². The van der Waals surface area contributed by atoms with E-state index in [-0.39, 0.29) is 11.9 Å². The van der Waals surface area contributed by atoms with E-state index in [9.17, 15) is 4.79 Å². The molecule has 276 valence electrons. The maximum atomic E-state index is 13.2. The van der Waals surface area contributed by atoms with Crippen LogP contribution in [0.3, 0.4) is 0 Å². The highest BCUT2D eigenvalue weighted by atomic mass is 16.5. The summed E-state index contributed by atoms with van der Waals surface area (Å²) in [4.78, 5) is 36.6. The molecule has 3 aromatic heterocycles. The lowest BCUT2D eigenvalue weighted by Crippen LogP contribution is -2.46. The second-order valence-electron chi connectivity index (χ2n) is 15.3. The van der Waals surface area contributed by atoms with Crippen molar-refractivity contribution in [1.29, 1.82) is 0 Å². The topological polar surface area (TPSA) is 120 Å². The second kappa shape index (κ2) is 15.0. The summed E-state index contributed by atoms with van der Waals surface area (Å²) in [5.74, 6) is 3.39. The number of pyridine rings is 1. The number of hydrogen-bond donors (Lipinski definition) is 2. The van der Waals surface area contributed by atoms with Gasteiger partial charge in [0.1, 0.15) is 11.6 Å². The van der Waals surface area contributed by atoms with E-state index in [1.165, 1.54) is 11.1 Å². The summed E-state index contributed by atoms with van der Waals surface area (Å²) in [6.45, 7) is 11.5. The fraction of sp³-hybridized carbons (Fsp3) is 0.564. The van der Waals surface area contributed by atoms with Gasteiger partial charge in [-0.05, 0) is 89.2 Å². The molecule has 3 saturated heterocycles. The lowest BCUT2D eigenvalue weighted by Gasteiger charge is -2.37. The monoisotopic (exact) mass is 707 g/mol. The second-order valence-corrected chi connectivity index (χ2v) is 15.3. The molecule has 1 unspecified atom stereocenters. The van der Waals surface area contributed by atoms with E-state index in [0.29, 0.717) is 18.2 Å². The average molecular weight is 708 g/mol. The van der Waals surface area contributed by atoms with Crippen molar-refractivity contribution in [1.82, 2.24) is 39.8 Å². The van der Waals surface area contributed by atoms with Crippen LogP contribution in [-0.2, 0) is 17.8 Å². The molecular formula is C39H53N11O2. The summed E-state index contributed by atoms with van der Waals surface area (Å²) in [6.07, 6.45) is 10.4.